The molecule has 6 N–H and O–H groups in total. The molecule has 2 aromatic carbocycles. The molecular weight excluding hydrogens is 532 g/mol. The number of fused-ring (bicyclic) bond motifs is 1. The molecule has 4 rings (SSSR count). The Morgan fingerprint density at radius 2 is 1.95 bits per heavy atom. The van der Waals surface area contributed by atoms with Gasteiger partial charge in [0, 0.05) is 47.5 Å². The lowest BCUT2D eigenvalue weighted by Gasteiger charge is -2.18. The summed E-state index contributed by atoms with van der Waals surface area (Å²) in [6.07, 6.45) is 2.27. The maximum absolute atomic E-state index is 12.0. The number of aliphatic hydroxyl groups excluding tert-OH is 1. The van der Waals surface area contributed by atoms with Crippen LogP contribution in [0.25, 0.3) is 10.9 Å². The molecule has 40 heavy (non-hydrogen) atoms. The van der Waals surface area contributed by atoms with Crippen LogP contribution in [0, 0.1) is 11.3 Å². The molecule has 11 nitrogen and oxygen atoms in total. The van der Waals surface area contributed by atoms with E-state index in [0.717, 1.165) is 28.3 Å². The maximum atomic E-state index is 12.0. The summed E-state index contributed by atoms with van der Waals surface area (Å²) < 4.78 is 27.3. The van der Waals surface area contributed by atoms with Crippen molar-refractivity contribution in [1.82, 2.24) is 14.9 Å². The van der Waals surface area contributed by atoms with Crippen LogP contribution >= 0.6 is 0 Å². The van der Waals surface area contributed by atoms with Crippen molar-refractivity contribution in [3.63, 3.8) is 0 Å². The minimum absolute atomic E-state index is 0.0182. The summed E-state index contributed by atoms with van der Waals surface area (Å²) in [6.45, 7) is 2.46. The lowest BCUT2D eigenvalue weighted by atomic mass is 10.0. The first kappa shape index (κ1) is 28.6. The topological polar surface area (TPSA) is 183 Å². The molecule has 0 spiro atoms. The van der Waals surface area contributed by atoms with Gasteiger partial charge in [0.1, 0.15) is 17.6 Å². The lowest BCUT2D eigenvalue weighted by Crippen LogP contribution is -2.32. The normalized spacial score (nSPS) is 13.1. The van der Waals surface area contributed by atoms with Gasteiger partial charge < -0.3 is 25.8 Å². The highest BCUT2D eigenvalue weighted by Crippen LogP contribution is 2.25. The summed E-state index contributed by atoms with van der Waals surface area (Å²) >= 11 is 0. The van der Waals surface area contributed by atoms with Crippen molar-refractivity contribution in [2.75, 3.05) is 23.3 Å². The second kappa shape index (κ2) is 11.7. The quantitative estimate of drug-likeness (QED) is 0.183. The van der Waals surface area contributed by atoms with Crippen molar-refractivity contribution < 1.29 is 23.4 Å². The Hall–Kier alpha value is -4.44. The van der Waals surface area contributed by atoms with Crippen LogP contribution < -0.4 is 15.8 Å². The number of carboxylic acid groups (broad SMARTS) is 1. The lowest BCUT2D eigenvalue weighted by molar-refractivity contribution is 0.0686. The van der Waals surface area contributed by atoms with E-state index in [9.17, 15) is 23.4 Å². The van der Waals surface area contributed by atoms with Crippen LogP contribution in [-0.4, -0.2) is 53.0 Å². The minimum Gasteiger partial charge on any atom is -0.477 e. The van der Waals surface area contributed by atoms with Crippen molar-refractivity contribution in [1.29, 1.82) is 5.26 Å². The van der Waals surface area contributed by atoms with E-state index in [-0.39, 0.29) is 36.2 Å². The number of pyridine rings is 1. The molecular formula is C28H30N6O5S. The van der Waals surface area contributed by atoms with Gasteiger partial charge >= 0.3 is 5.97 Å². The number of benzene rings is 2. The molecule has 2 heterocycles. The summed E-state index contributed by atoms with van der Waals surface area (Å²) in [5, 5.41) is 33.6. The largest absolute Gasteiger partial charge is 0.477 e. The Balaban J connectivity index is 1.48. The predicted octanol–water partition coefficient (Wildman–Crippen LogP) is 2.86. The number of carbonyl (C=O) groups is 1. The SMILES string of the molecule is CC(Cc1ccc2c(c1)cc(C(=O)O)n2Cc1cccc(NS(C)(=O)=O)c1)NCC(O)c1cnc(N)c(C#N)c1. The van der Waals surface area contributed by atoms with Gasteiger partial charge in [0.25, 0.3) is 0 Å². The fourth-order valence-electron chi connectivity index (χ4n) is 4.54. The number of aromatic carboxylic acids is 1. The van der Waals surface area contributed by atoms with E-state index in [1.54, 1.807) is 28.8 Å². The van der Waals surface area contributed by atoms with Crippen LogP contribution in [0.3, 0.4) is 0 Å². The molecule has 12 heteroatoms. The Morgan fingerprint density at radius 3 is 2.65 bits per heavy atom. The highest BCUT2D eigenvalue weighted by molar-refractivity contribution is 7.92. The first-order chi connectivity index (χ1) is 18.9. The third-order valence-electron chi connectivity index (χ3n) is 6.40. The molecule has 0 bridgehead atoms. The van der Waals surface area contributed by atoms with Crippen LogP contribution in [0.15, 0.2) is 60.8 Å². The Labute approximate surface area is 231 Å². The highest BCUT2D eigenvalue weighted by Gasteiger charge is 2.17. The van der Waals surface area contributed by atoms with E-state index in [4.69, 9.17) is 11.0 Å². The van der Waals surface area contributed by atoms with E-state index in [2.05, 4.69) is 15.0 Å². The highest BCUT2D eigenvalue weighted by atomic mass is 32.2. The zero-order chi connectivity index (χ0) is 29.0. The molecule has 0 aliphatic heterocycles. The number of aliphatic hydroxyl groups is 1. The minimum atomic E-state index is -3.44. The first-order valence-corrected chi connectivity index (χ1v) is 14.3. The van der Waals surface area contributed by atoms with Gasteiger partial charge in [0.05, 0.1) is 17.9 Å². The van der Waals surface area contributed by atoms with Gasteiger partial charge in [-0.1, -0.05) is 18.2 Å². The molecule has 2 aromatic heterocycles. The first-order valence-electron chi connectivity index (χ1n) is 12.4. The van der Waals surface area contributed by atoms with Crippen LogP contribution in [-0.2, 0) is 23.0 Å². The third-order valence-corrected chi connectivity index (χ3v) is 7.01. The molecule has 0 aliphatic rings. The molecule has 0 saturated carbocycles. The summed E-state index contributed by atoms with van der Waals surface area (Å²) in [5.41, 5.74) is 9.35. The number of rotatable bonds is 11. The second-order valence-electron chi connectivity index (χ2n) is 9.73. The fraction of sp³-hybridized carbons (Fsp3) is 0.250. The zero-order valence-corrected chi connectivity index (χ0v) is 22.8. The van der Waals surface area contributed by atoms with Gasteiger partial charge in [-0.2, -0.15) is 5.26 Å². The van der Waals surface area contributed by atoms with Gasteiger partial charge in [0.2, 0.25) is 10.0 Å². The number of nitrogen functional groups attached to an aromatic ring is 1. The summed E-state index contributed by atoms with van der Waals surface area (Å²) in [7, 11) is -3.44. The van der Waals surface area contributed by atoms with Gasteiger partial charge in [-0.15, -0.1) is 0 Å². The molecule has 0 saturated heterocycles. The summed E-state index contributed by atoms with van der Waals surface area (Å²) in [5.74, 6) is -0.948. The molecule has 0 aliphatic carbocycles. The number of nitriles is 1. The number of hydrogen-bond acceptors (Lipinski definition) is 8. The van der Waals surface area contributed by atoms with Crippen molar-refractivity contribution in [3.05, 3.63) is 88.7 Å². The zero-order valence-electron chi connectivity index (χ0n) is 22.0. The van der Waals surface area contributed by atoms with Gasteiger partial charge in [-0.25, -0.2) is 18.2 Å². The fourth-order valence-corrected chi connectivity index (χ4v) is 5.10. The van der Waals surface area contributed by atoms with E-state index in [1.807, 2.05) is 37.3 Å². The van der Waals surface area contributed by atoms with E-state index in [1.165, 1.54) is 12.3 Å². The summed E-state index contributed by atoms with van der Waals surface area (Å²) in [4.78, 5) is 16.0. The number of sulfonamides is 1. The average Bonchev–Trinajstić information content (AvgIpc) is 3.24. The second-order valence-corrected chi connectivity index (χ2v) is 11.5. The number of nitrogens with one attached hydrogen (secondary N) is 2. The van der Waals surface area contributed by atoms with Gasteiger partial charge in [-0.05, 0) is 60.9 Å². The van der Waals surface area contributed by atoms with Crippen molar-refractivity contribution in [2.24, 2.45) is 0 Å². The van der Waals surface area contributed by atoms with Gasteiger partial charge in [0.15, 0.2) is 0 Å². The molecule has 208 valence electrons. The van der Waals surface area contributed by atoms with Crippen molar-refractivity contribution in [3.8, 4) is 6.07 Å². The van der Waals surface area contributed by atoms with E-state index >= 15 is 0 Å². The number of aromatic nitrogens is 2. The van der Waals surface area contributed by atoms with E-state index < -0.39 is 22.1 Å². The van der Waals surface area contributed by atoms with Crippen LogP contribution in [0.5, 0.6) is 0 Å². The van der Waals surface area contributed by atoms with E-state index in [0.29, 0.717) is 17.7 Å². The molecule has 0 amide bonds. The molecule has 0 fully saturated rings. The van der Waals surface area contributed by atoms with Gasteiger partial charge in [-0.3, -0.25) is 4.72 Å². The number of nitrogens with two attached hydrogens (primary N) is 1. The number of hydrogen-bond donors (Lipinski definition) is 5. The number of carboxylic acids is 1. The van der Waals surface area contributed by atoms with Crippen LogP contribution in [0.1, 0.15) is 45.8 Å². The van der Waals surface area contributed by atoms with Crippen LogP contribution in [0.2, 0.25) is 0 Å². The molecule has 2 atom stereocenters. The standard InChI is InChI=1S/C28H30N6O5S/c1-17(31-15-26(35)22-11-21(13-29)27(30)32-14-22)8-18-6-7-24-20(9-18)12-25(28(36)37)34(24)16-19-4-3-5-23(10-19)33-40(2,38)39/h3-7,9-12,14,17,26,31,33,35H,8,15-16H2,1-2H3,(H2,30,32)(H,36,37). The Bertz CT molecular complexity index is 1710. The number of anilines is 2. The van der Waals surface area contributed by atoms with Crippen LogP contribution in [0.4, 0.5) is 11.5 Å². The molecule has 2 unspecified atom stereocenters. The monoisotopic (exact) mass is 562 g/mol. The molecule has 0 radical (unpaired) electrons. The number of nitrogens with zero attached hydrogens (tertiary/aromatic N) is 3. The Morgan fingerprint density at radius 1 is 1.18 bits per heavy atom. The molecule has 4 aromatic rings. The predicted molar refractivity (Wildman–Crippen MR) is 152 cm³/mol. The van der Waals surface area contributed by atoms with Crippen molar-refractivity contribution in [2.45, 2.75) is 32.0 Å². The average molecular weight is 563 g/mol. The summed E-state index contributed by atoms with van der Waals surface area (Å²) in [6, 6.07) is 17.7. The maximum Gasteiger partial charge on any atom is 0.352 e. The Kier molecular flexibility index (Phi) is 8.39. The third kappa shape index (κ3) is 6.95. The van der Waals surface area contributed by atoms with Crippen molar-refractivity contribution >= 4 is 38.4 Å². The smallest absolute Gasteiger partial charge is 0.352 e.